The molecule has 0 aliphatic heterocycles. The summed E-state index contributed by atoms with van der Waals surface area (Å²) in [6.07, 6.45) is 1.77. The number of thioether (sulfide) groups is 1. The molecule has 0 fully saturated rings. The molecule has 1 aromatic rings. The minimum absolute atomic E-state index is 0.0112. The van der Waals surface area contributed by atoms with Gasteiger partial charge in [-0.3, -0.25) is 4.79 Å². The Morgan fingerprint density at radius 1 is 1.45 bits per heavy atom. The molecule has 1 rings (SSSR count). The third-order valence-corrected chi connectivity index (χ3v) is 3.79. The highest BCUT2D eigenvalue weighted by molar-refractivity contribution is 7.99. The van der Waals surface area contributed by atoms with Gasteiger partial charge in [0.25, 0.3) is 0 Å². The van der Waals surface area contributed by atoms with Crippen LogP contribution < -0.4 is 0 Å². The van der Waals surface area contributed by atoms with E-state index >= 15 is 0 Å². The predicted octanol–water partition coefficient (Wildman–Crippen LogP) is 2.18. The van der Waals surface area contributed by atoms with Crippen LogP contribution in [0.15, 0.2) is 5.16 Å². The highest BCUT2D eigenvalue weighted by atomic mass is 32.2. The topological polar surface area (TPSA) is 77.2 Å². The second-order valence-electron chi connectivity index (χ2n) is 5.67. The Morgan fingerprint density at radius 2 is 2.10 bits per heavy atom. The van der Waals surface area contributed by atoms with E-state index in [1.807, 2.05) is 11.5 Å². The third kappa shape index (κ3) is 4.79. The monoisotopic (exact) mass is 301 g/mol. The van der Waals surface area contributed by atoms with Gasteiger partial charge >= 0.3 is 5.97 Å². The molecule has 0 aliphatic rings. The molecule has 114 valence electrons. The van der Waals surface area contributed by atoms with Gasteiger partial charge in [0.2, 0.25) is 0 Å². The summed E-state index contributed by atoms with van der Waals surface area (Å²) in [6.45, 7) is 8.19. The quantitative estimate of drug-likeness (QED) is 0.778. The zero-order valence-electron chi connectivity index (χ0n) is 12.7. The smallest absolute Gasteiger partial charge is 0.313 e. The summed E-state index contributed by atoms with van der Waals surface area (Å²) >= 11 is 1.20. The molecule has 1 heterocycles. The van der Waals surface area contributed by atoms with E-state index in [9.17, 15) is 4.79 Å². The van der Waals surface area contributed by atoms with Gasteiger partial charge in [-0.1, -0.05) is 11.8 Å². The van der Waals surface area contributed by atoms with Gasteiger partial charge in [0.05, 0.1) is 11.9 Å². The molecule has 0 spiro atoms. The van der Waals surface area contributed by atoms with E-state index in [0.29, 0.717) is 5.16 Å². The second kappa shape index (κ2) is 7.08. The maximum absolute atomic E-state index is 10.7. The van der Waals surface area contributed by atoms with E-state index < -0.39 is 5.97 Å². The maximum Gasteiger partial charge on any atom is 0.313 e. The first-order chi connectivity index (χ1) is 9.25. The normalized spacial score (nSPS) is 13.4. The largest absolute Gasteiger partial charge is 0.481 e. The maximum atomic E-state index is 10.7. The van der Waals surface area contributed by atoms with Crippen LogP contribution in [0.1, 0.15) is 39.9 Å². The van der Waals surface area contributed by atoms with Gasteiger partial charge < -0.3 is 14.4 Å². The van der Waals surface area contributed by atoms with Crippen molar-refractivity contribution in [2.24, 2.45) is 0 Å². The van der Waals surface area contributed by atoms with E-state index in [2.05, 4.69) is 31.0 Å². The number of aryl methyl sites for hydroxylation is 1. The Hall–Kier alpha value is -1.08. The minimum Gasteiger partial charge on any atom is -0.481 e. The highest BCUT2D eigenvalue weighted by Gasteiger charge is 2.23. The summed E-state index contributed by atoms with van der Waals surface area (Å²) < 4.78 is 7.26. The molecule has 6 nitrogen and oxygen atoms in total. The minimum atomic E-state index is -0.854. The van der Waals surface area contributed by atoms with Crippen molar-refractivity contribution in [2.45, 2.75) is 57.3 Å². The Morgan fingerprint density at radius 3 is 2.60 bits per heavy atom. The molecule has 0 radical (unpaired) electrons. The van der Waals surface area contributed by atoms with Crippen molar-refractivity contribution in [1.82, 2.24) is 14.8 Å². The number of hydrogen-bond donors (Lipinski definition) is 1. The second-order valence-corrected chi connectivity index (χ2v) is 6.61. The molecule has 0 aromatic carbocycles. The first-order valence-electron chi connectivity index (χ1n) is 6.58. The summed E-state index contributed by atoms with van der Waals surface area (Å²) in [5.41, 5.74) is -0.185. The van der Waals surface area contributed by atoms with Gasteiger partial charge in [0, 0.05) is 19.1 Å². The van der Waals surface area contributed by atoms with E-state index in [-0.39, 0.29) is 17.4 Å². The number of aromatic nitrogens is 3. The molecule has 7 heteroatoms. The van der Waals surface area contributed by atoms with E-state index in [1.165, 1.54) is 11.8 Å². The molecule has 20 heavy (non-hydrogen) atoms. The van der Waals surface area contributed by atoms with Crippen molar-refractivity contribution in [3.05, 3.63) is 5.82 Å². The van der Waals surface area contributed by atoms with Gasteiger partial charge in [0.1, 0.15) is 5.82 Å². The molecule has 0 aliphatic carbocycles. The lowest BCUT2D eigenvalue weighted by atomic mass is 10.1. The molecular weight excluding hydrogens is 278 g/mol. The van der Waals surface area contributed by atoms with Gasteiger partial charge in [-0.25, -0.2) is 0 Å². The van der Waals surface area contributed by atoms with Gasteiger partial charge in [0.15, 0.2) is 5.16 Å². The van der Waals surface area contributed by atoms with Crippen LogP contribution in [0.25, 0.3) is 0 Å². The fourth-order valence-corrected chi connectivity index (χ4v) is 2.67. The number of methoxy groups -OCH3 is 1. The number of carboxylic acid groups (broad SMARTS) is 1. The number of hydrogen-bond acceptors (Lipinski definition) is 5. The lowest BCUT2D eigenvalue weighted by molar-refractivity contribution is -0.133. The Labute approximate surface area is 123 Å². The number of rotatable bonds is 7. The van der Waals surface area contributed by atoms with Gasteiger partial charge in [-0.05, 0) is 34.1 Å². The highest BCUT2D eigenvalue weighted by Crippen LogP contribution is 2.26. The molecule has 1 atom stereocenters. The Balaban J connectivity index is 2.91. The van der Waals surface area contributed by atoms with Crippen LogP contribution in [0, 0.1) is 0 Å². The SMILES string of the molecule is COC(C)CCc1nnc(SCC(=O)O)n1C(C)(C)C. The summed E-state index contributed by atoms with van der Waals surface area (Å²) in [5.74, 6) is 0.00480. The Bertz CT molecular complexity index is 454. The van der Waals surface area contributed by atoms with Crippen LogP contribution in [0.3, 0.4) is 0 Å². The van der Waals surface area contributed by atoms with Crippen molar-refractivity contribution in [3.8, 4) is 0 Å². The number of ether oxygens (including phenoxy) is 1. The molecule has 1 N–H and O–H groups in total. The number of aliphatic carboxylic acids is 1. The molecule has 0 saturated carbocycles. The Kier molecular flexibility index (Phi) is 6.01. The third-order valence-electron chi connectivity index (χ3n) is 2.87. The van der Waals surface area contributed by atoms with Crippen molar-refractivity contribution < 1.29 is 14.6 Å². The van der Waals surface area contributed by atoms with Crippen molar-refractivity contribution in [3.63, 3.8) is 0 Å². The summed E-state index contributed by atoms with van der Waals surface area (Å²) in [5, 5.41) is 17.8. The summed E-state index contributed by atoms with van der Waals surface area (Å²) in [7, 11) is 1.69. The molecule has 0 bridgehead atoms. The lowest BCUT2D eigenvalue weighted by Crippen LogP contribution is -2.26. The summed E-state index contributed by atoms with van der Waals surface area (Å²) in [4.78, 5) is 10.7. The number of carboxylic acids is 1. The van der Waals surface area contributed by atoms with Crippen molar-refractivity contribution in [2.75, 3.05) is 12.9 Å². The van der Waals surface area contributed by atoms with Crippen LogP contribution >= 0.6 is 11.8 Å². The van der Waals surface area contributed by atoms with Crippen LogP contribution in [0.2, 0.25) is 0 Å². The zero-order valence-corrected chi connectivity index (χ0v) is 13.5. The molecule has 0 saturated heterocycles. The summed E-state index contributed by atoms with van der Waals surface area (Å²) in [6, 6.07) is 0. The molecule has 0 amide bonds. The zero-order chi connectivity index (χ0) is 15.3. The average molecular weight is 301 g/mol. The fourth-order valence-electron chi connectivity index (χ4n) is 1.81. The van der Waals surface area contributed by atoms with E-state index in [4.69, 9.17) is 9.84 Å². The predicted molar refractivity (Wildman–Crippen MR) is 78.2 cm³/mol. The fraction of sp³-hybridized carbons (Fsp3) is 0.769. The van der Waals surface area contributed by atoms with E-state index in [1.54, 1.807) is 7.11 Å². The average Bonchev–Trinajstić information content (AvgIpc) is 2.76. The molecule has 1 unspecified atom stereocenters. The van der Waals surface area contributed by atoms with Crippen molar-refractivity contribution in [1.29, 1.82) is 0 Å². The number of carbonyl (C=O) groups is 1. The van der Waals surface area contributed by atoms with E-state index in [0.717, 1.165) is 18.7 Å². The first kappa shape index (κ1) is 17.0. The van der Waals surface area contributed by atoms with Crippen molar-refractivity contribution >= 4 is 17.7 Å². The lowest BCUT2D eigenvalue weighted by Gasteiger charge is -2.25. The van der Waals surface area contributed by atoms with Crippen LogP contribution in [-0.2, 0) is 21.5 Å². The van der Waals surface area contributed by atoms with Crippen LogP contribution in [0.4, 0.5) is 0 Å². The van der Waals surface area contributed by atoms with Crippen LogP contribution in [-0.4, -0.2) is 44.8 Å². The van der Waals surface area contributed by atoms with Gasteiger partial charge in [-0.15, -0.1) is 10.2 Å². The van der Waals surface area contributed by atoms with Gasteiger partial charge in [-0.2, -0.15) is 0 Å². The van der Waals surface area contributed by atoms with Crippen LogP contribution in [0.5, 0.6) is 0 Å². The standard InChI is InChI=1S/C13H23N3O3S/c1-9(19-5)6-7-10-14-15-12(20-8-11(17)18)16(10)13(2,3)4/h9H,6-8H2,1-5H3,(H,17,18). The first-order valence-corrected chi connectivity index (χ1v) is 7.56. The number of nitrogens with zero attached hydrogens (tertiary/aromatic N) is 3. The molecule has 1 aromatic heterocycles. The molecular formula is C13H23N3O3S.